The predicted molar refractivity (Wildman–Crippen MR) is 137 cm³/mol. The molecule has 6 rings (SSSR count). The molecule has 0 bridgehead atoms. The number of imide groups is 1. The van der Waals surface area contributed by atoms with Gasteiger partial charge in [-0.2, -0.15) is 13.2 Å². The van der Waals surface area contributed by atoms with Gasteiger partial charge in [-0.25, -0.2) is 4.90 Å². The van der Waals surface area contributed by atoms with Crippen LogP contribution < -0.4 is 14.5 Å². The smallest absolute Gasteiger partial charge is 0.418 e. The van der Waals surface area contributed by atoms with Gasteiger partial charge >= 0.3 is 11.0 Å². The Morgan fingerprint density at radius 2 is 1.55 bits per heavy atom. The van der Waals surface area contributed by atoms with Crippen molar-refractivity contribution in [3.8, 4) is 11.5 Å². The maximum atomic E-state index is 13.8. The Kier molecular flexibility index (Phi) is 5.92. The first kappa shape index (κ1) is 24.5. The number of benzene rings is 3. The van der Waals surface area contributed by atoms with Crippen molar-refractivity contribution >= 4 is 40.6 Å². The van der Waals surface area contributed by atoms with Crippen LogP contribution in [0.5, 0.6) is 11.5 Å². The fraction of sp³-hybridized carbons (Fsp3) is 0.148. The zero-order chi connectivity index (χ0) is 26.6. The minimum absolute atomic E-state index is 0.344. The first-order chi connectivity index (χ1) is 18.2. The van der Waals surface area contributed by atoms with Gasteiger partial charge in [-0.05, 0) is 42.0 Å². The number of nitrogens with one attached hydrogen (secondary N) is 1. The second-order valence-corrected chi connectivity index (χ2v) is 10.9. The van der Waals surface area contributed by atoms with E-state index < -0.39 is 46.3 Å². The summed E-state index contributed by atoms with van der Waals surface area (Å²) in [6, 6.07) is 20.6. The molecule has 1 N–H and O–H groups in total. The highest BCUT2D eigenvalue weighted by Crippen LogP contribution is 2.54. The fourth-order valence-corrected chi connectivity index (χ4v) is 7.43. The van der Waals surface area contributed by atoms with E-state index in [0.717, 1.165) is 35.2 Å². The summed E-state index contributed by atoms with van der Waals surface area (Å²) in [7, 11) is 0. The van der Waals surface area contributed by atoms with Gasteiger partial charge in [-0.15, -0.1) is 0 Å². The number of anilines is 1. The second kappa shape index (κ2) is 9.17. The quantitative estimate of drug-likeness (QED) is 0.311. The number of thiazole rings is 1. The fourth-order valence-electron chi connectivity index (χ4n) is 4.92. The molecule has 1 aromatic heterocycles. The van der Waals surface area contributed by atoms with Crippen molar-refractivity contribution in [1.82, 2.24) is 4.98 Å². The molecule has 4 aromatic rings. The van der Waals surface area contributed by atoms with Crippen LogP contribution in [0.3, 0.4) is 0 Å². The number of para-hydroxylation sites is 2. The van der Waals surface area contributed by atoms with Crippen molar-refractivity contribution in [2.45, 2.75) is 22.4 Å². The molecule has 0 radical (unpaired) electrons. The number of hydrogen-bond acceptors (Lipinski definition) is 6. The molecule has 11 heteroatoms. The summed E-state index contributed by atoms with van der Waals surface area (Å²) < 4.78 is 47.3. The normalized spacial score (nSPS) is 20.8. The summed E-state index contributed by atoms with van der Waals surface area (Å²) in [6.07, 6.45) is -4.76. The van der Waals surface area contributed by atoms with Gasteiger partial charge in [0.15, 0.2) is 0 Å². The van der Waals surface area contributed by atoms with E-state index in [0.29, 0.717) is 31.9 Å². The van der Waals surface area contributed by atoms with Crippen molar-refractivity contribution < 1.29 is 27.5 Å². The van der Waals surface area contributed by atoms with Gasteiger partial charge in [0.25, 0.3) is 0 Å². The third kappa shape index (κ3) is 4.11. The van der Waals surface area contributed by atoms with E-state index in [1.807, 2.05) is 18.2 Å². The molecule has 1 saturated heterocycles. The molecule has 1 fully saturated rings. The number of hydrogen-bond donors (Lipinski definition) is 1. The predicted octanol–water partition coefficient (Wildman–Crippen LogP) is 6.04. The Hall–Kier alpha value is -3.83. The summed E-state index contributed by atoms with van der Waals surface area (Å²) in [4.78, 5) is 43.2. The van der Waals surface area contributed by atoms with Crippen molar-refractivity contribution in [3.63, 3.8) is 0 Å². The van der Waals surface area contributed by atoms with E-state index in [9.17, 15) is 27.6 Å². The van der Waals surface area contributed by atoms with E-state index in [1.54, 1.807) is 36.4 Å². The molecule has 0 spiro atoms. The molecule has 38 heavy (non-hydrogen) atoms. The number of amides is 2. The van der Waals surface area contributed by atoms with E-state index in [1.165, 1.54) is 12.1 Å². The zero-order valence-electron chi connectivity index (χ0n) is 19.3. The summed E-state index contributed by atoms with van der Waals surface area (Å²) >= 11 is 1.93. The average molecular weight is 555 g/mol. The van der Waals surface area contributed by atoms with Gasteiger partial charge < -0.3 is 9.72 Å². The van der Waals surface area contributed by atoms with Gasteiger partial charge in [-0.3, -0.25) is 14.4 Å². The topological polar surface area (TPSA) is 79.5 Å². The van der Waals surface area contributed by atoms with Crippen LogP contribution in [0.25, 0.3) is 0 Å². The van der Waals surface area contributed by atoms with E-state index >= 15 is 0 Å². The van der Waals surface area contributed by atoms with Crippen LogP contribution in [0.2, 0.25) is 0 Å². The number of nitrogens with zero attached hydrogens (tertiary/aromatic N) is 1. The number of aromatic nitrogens is 1. The van der Waals surface area contributed by atoms with Gasteiger partial charge in [0.1, 0.15) is 16.7 Å². The zero-order valence-corrected chi connectivity index (χ0v) is 20.9. The lowest BCUT2D eigenvalue weighted by Crippen LogP contribution is -2.33. The average Bonchev–Trinajstić information content (AvgIpc) is 3.38. The van der Waals surface area contributed by atoms with Crippen LogP contribution in [0.1, 0.15) is 21.9 Å². The molecule has 3 aromatic carbocycles. The summed E-state index contributed by atoms with van der Waals surface area (Å²) in [6.45, 7) is 0. The minimum atomic E-state index is -4.76. The van der Waals surface area contributed by atoms with Crippen molar-refractivity contribution in [1.29, 1.82) is 0 Å². The van der Waals surface area contributed by atoms with Crippen molar-refractivity contribution in [3.05, 3.63) is 105 Å². The second-order valence-electron chi connectivity index (χ2n) is 8.76. The first-order valence-electron chi connectivity index (χ1n) is 11.5. The third-order valence-electron chi connectivity index (χ3n) is 6.47. The van der Waals surface area contributed by atoms with E-state index in [2.05, 4.69) is 4.98 Å². The molecular formula is C27H17F3N2O4S2. The minimum Gasteiger partial charge on any atom is -0.457 e. The molecule has 0 aliphatic carbocycles. The molecule has 2 aliphatic heterocycles. The SMILES string of the molecule is O=C1C2Sc3[nH]c(=O)sc3C(c3cccc(Oc4ccccc4)c3)C2C(=O)N1c1ccccc1C(F)(F)F. The highest BCUT2D eigenvalue weighted by molar-refractivity contribution is 8.00. The number of carbonyl (C=O) groups is 2. The molecule has 3 unspecified atom stereocenters. The molecular weight excluding hydrogens is 537 g/mol. The highest BCUT2D eigenvalue weighted by atomic mass is 32.2. The third-order valence-corrected chi connectivity index (χ3v) is 8.87. The van der Waals surface area contributed by atoms with Crippen LogP contribution >= 0.6 is 23.1 Å². The Bertz CT molecular complexity index is 1620. The van der Waals surface area contributed by atoms with Gasteiger partial charge in [0.05, 0.1) is 22.2 Å². The van der Waals surface area contributed by atoms with Crippen LogP contribution in [-0.4, -0.2) is 22.0 Å². The number of carbonyl (C=O) groups excluding carboxylic acids is 2. The number of halogens is 3. The molecule has 3 atom stereocenters. The number of H-pyrrole nitrogens is 1. The molecule has 0 saturated carbocycles. The standard InChI is InChI=1S/C27H17F3N2O4S2/c28-27(29,30)17-11-4-5-12-18(17)32-24(33)20-19(21-23(31-26(35)38-21)37-22(20)25(32)34)14-7-6-10-16(13-14)36-15-8-2-1-3-9-15/h1-13,19-20,22H,(H,31,35). The summed E-state index contributed by atoms with van der Waals surface area (Å²) in [5, 5.41) is -0.571. The van der Waals surface area contributed by atoms with Gasteiger partial charge in [-0.1, -0.05) is 65.6 Å². The number of thioether (sulfide) groups is 1. The summed E-state index contributed by atoms with van der Waals surface area (Å²) in [5.74, 6) is -2.17. The van der Waals surface area contributed by atoms with Crippen LogP contribution in [0.15, 0.2) is 88.7 Å². The van der Waals surface area contributed by atoms with Crippen molar-refractivity contribution in [2.75, 3.05) is 4.90 Å². The number of rotatable bonds is 4. The number of fused-ring (bicyclic) bond motifs is 2. The number of alkyl halides is 3. The molecule has 192 valence electrons. The molecule has 2 amide bonds. The van der Waals surface area contributed by atoms with Gasteiger partial charge in [0.2, 0.25) is 11.8 Å². The van der Waals surface area contributed by atoms with E-state index in [4.69, 9.17) is 4.74 Å². The Morgan fingerprint density at radius 3 is 2.32 bits per heavy atom. The Balaban J connectivity index is 1.45. The van der Waals surface area contributed by atoms with Gasteiger partial charge in [0, 0.05) is 10.8 Å². The van der Waals surface area contributed by atoms with E-state index in [-0.39, 0.29) is 4.87 Å². The number of aromatic amines is 1. The Morgan fingerprint density at radius 1 is 0.842 bits per heavy atom. The van der Waals surface area contributed by atoms with Crippen LogP contribution in [-0.2, 0) is 15.8 Å². The lowest BCUT2D eigenvalue weighted by atomic mass is 9.83. The molecule has 6 nitrogen and oxygen atoms in total. The summed E-state index contributed by atoms with van der Waals surface area (Å²) in [5.41, 5.74) is -0.956. The lowest BCUT2D eigenvalue weighted by molar-refractivity contribution is -0.137. The van der Waals surface area contributed by atoms with Crippen LogP contribution in [0, 0.1) is 5.92 Å². The monoisotopic (exact) mass is 554 g/mol. The molecule has 2 aliphatic rings. The highest BCUT2D eigenvalue weighted by Gasteiger charge is 2.57. The molecule has 3 heterocycles. The Labute approximate surface area is 222 Å². The first-order valence-corrected chi connectivity index (χ1v) is 13.2. The lowest BCUT2D eigenvalue weighted by Gasteiger charge is -2.30. The number of ether oxygens (including phenoxy) is 1. The van der Waals surface area contributed by atoms with Crippen LogP contribution in [0.4, 0.5) is 18.9 Å². The maximum absolute atomic E-state index is 13.8. The van der Waals surface area contributed by atoms with Crippen molar-refractivity contribution in [2.24, 2.45) is 5.92 Å². The maximum Gasteiger partial charge on any atom is 0.418 e. The largest absolute Gasteiger partial charge is 0.457 e.